The first-order valence-corrected chi connectivity index (χ1v) is 4.81. The van der Waals surface area contributed by atoms with Gasteiger partial charge in [0, 0.05) is 13.1 Å². The second kappa shape index (κ2) is 4.80. The molecule has 0 bridgehead atoms. The predicted molar refractivity (Wildman–Crippen MR) is 48.0 cm³/mol. The zero-order chi connectivity index (χ0) is 8.97. The van der Waals surface area contributed by atoms with Crippen LogP contribution >= 0.6 is 0 Å². The Morgan fingerprint density at radius 1 is 1.58 bits per heavy atom. The van der Waals surface area contributed by atoms with Gasteiger partial charge in [0.25, 0.3) is 0 Å². The lowest BCUT2D eigenvalue weighted by Crippen LogP contribution is -2.42. The Kier molecular flexibility index (Phi) is 3.98. The highest BCUT2D eigenvalue weighted by molar-refractivity contribution is 4.73. The molecule has 1 unspecified atom stereocenters. The van der Waals surface area contributed by atoms with Crippen LogP contribution in [0.5, 0.6) is 0 Å². The van der Waals surface area contributed by atoms with Crippen molar-refractivity contribution in [1.29, 1.82) is 0 Å². The van der Waals surface area contributed by atoms with Gasteiger partial charge in [0.1, 0.15) is 0 Å². The molecule has 72 valence electrons. The molecule has 1 aliphatic rings. The first-order chi connectivity index (χ1) is 5.72. The van der Waals surface area contributed by atoms with E-state index in [9.17, 15) is 10.2 Å². The molecule has 0 radical (unpaired) electrons. The van der Waals surface area contributed by atoms with E-state index >= 15 is 0 Å². The molecule has 0 aromatic rings. The summed E-state index contributed by atoms with van der Waals surface area (Å²) in [7, 11) is 0. The van der Waals surface area contributed by atoms with Gasteiger partial charge in [-0.1, -0.05) is 6.92 Å². The van der Waals surface area contributed by atoms with Gasteiger partial charge in [-0.25, -0.2) is 0 Å². The van der Waals surface area contributed by atoms with E-state index in [2.05, 4.69) is 4.90 Å². The van der Waals surface area contributed by atoms with Crippen LogP contribution in [-0.2, 0) is 0 Å². The van der Waals surface area contributed by atoms with E-state index in [1.807, 2.05) is 6.92 Å². The molecule has 0 spiro atoms. The second-order valence-electron chi connectivity index (χ2n) is 3.62. The van der Waals surface area contributed by atoms with Crippen molar-refractivity contribution in [3.8, 4) is 0 Å². The Balaban J connectivity index is 2.22. The maximum atomic E-state index is 9.37. The molecule has 1 heterocycles. The molecule has 1 fully saturated rings. The van der Waals surface area contributed by atoms with Crippen LogP contribution in [0.15, 0.2) is 0 Å². The third-order valence-electron chi connectivity index (χ3n) is 2.42. The Morgan fingerprint density at radius 2 is 2.33 bits per heavy atom. The summed E-state index contributed by atoms with van der Waals surface area (Å²) in [5, 5.41) is 18.7. The molecule has 1 rings (SSSR count). The number of likely N-dealkylation sites (tertiary alicyclic amines) is 1. The minimum Gasteiger partial charge on any atom is -0.392 e. The lowest BCUT2D eigenvalue weighted by atomic mass is 10.1. The summed E-state index contributed by atoms with van der Waals surface area (Å²) in [6, 6.07) is 0. The number of rotatable bonds is 3. The molecule has 3 nitrogen and oxygen atoms in total. The van der Waals surface area contributed by atoms with Crippen LogP contribution in [0.25, 0.3) is 0 Å². The van der Waals surface area contributed by atoms with Crippen LogP contribution in [0, 0.1) is 0 Å². The fraction of sp³-hybridized carbons (Fsp3) is 1.00. The zero-order valence-corrected chi connectivity index (χ0v) is 7.74. The van der Waals surface area contributed by atoms with Crippen molar-refractivity contribution in [2.45, 2.75) is 38.4 Å². The number of β-amino-alcohol motifs (C(OH)–C–C–N with tert-alkyl or cyclic N) is 2. The van der Waals surface area contributed by atoms with Gasteiger partial charge in [-0.15, -0.1) is 0 Å². The van der Waals surface area contributed by atoms with Crippen LogP contribution in [0.1, 0.15) is 26.2 Å². The Labute approximate surface area is 74.0 Å². The van der Waals surface area contributed by atoms with Crippen LogP contribution in [0.2, 0.25) is 0 Å². The number of aliphatic hydroxyl groups excluding tert-OH is 2. The first-order valence-electron chi connectivity index (χ1n) is 4.81. The molecule has 12 heavy (non-hydrogen) atoms. The smallest absolute Gasteiger partial charge is 0.0667 e. The fourth-order valence-corrected chi connectivity index (χ4v) is 1.62. The third kappa shape index (κ3) is 3.09. The summed E-state index contributed by atoms with van der Waals surface area (Å²) in [5.74, 6) is 0. The van der Waals surface area contributed by atoms with E-state index in [4.69, 9.17) is 0 Å². The predicted octanol–water partition coefficient (Wildman–Crippen LogP) is 0.214. The summed E-state index contributed by atoms with van der Waals surface area (Å²) >= 11 is 0. The summed E-state index contributed by atoms with van der Waals surface area (Å²) in [6.07, 6.45) is 2.36. The van der Waals surface area contributed by atoms with Crippen molar-refractivity contribution in [3.05, 3.63) is 0 Å². The van der Waals surface area contributed by atoms with Crippen LogP contribution in [0.4, 0.5) is 0 Å². The molecule has 3 heteroatoms. The zero-order valence-electron chi connectivity index (χ0n) is 7.74. The molecule has 0 saturated carbocycles. The SMILES string of the molecule is CC[C@@H](O)CN1CCCC(O)C1. The average Bonchev–Trinajstić information content (AvgIpc) is 2.04. The van der Waals surface area contributed by atoms with Crippen LogP contribution in [0.3, 0.4) is 0 Å². The van der Waals surface area contributed by atoms with Gasteiger partial charge in [-0.2, -0.15) is 0 Å². The van der Waals surface area contributed by atoms with E-state index in [1.165, 1.54) is 0 Å². The Hall–Kier alpha value is -0.120. The van der Waals surface area contributed by atoms with Gasteiger partial charge in [0.05, 0.1) is 12.2 Å². The number of hydrogen-bond acceptors (Lipinski definition) is 3. The quantitative estimate of drug-likeness (QED) is 0.641. The van der Waals surface area contributed by atoms with Crippen molar-refractivity contribution in [3.63, 3.8) is 0 Å². The van der Waals surface area contributed by atoms with Gasteiger partial charge >= 0.3 is 0 Å². The number of nitrogens with zero attached hydrogens (tertiary/aromatic N) is 1. The van der Waals surface area contributed by atoms with Crippen LogP contribution < -0.4 is 0 Å². The van der Waals surface area contributed by atoms with Crippen molar-refractivity contribution in [2.75, 3.05) is 19.6 Å². The third-order valence-corrected chi connectivity index (χ3v) is 2.42. The van der Waals surface area contributed by atoms with Gasteiger partial charge in [0.15, 0.2) is 0 Å². The lowest BCUT2D eigenvalue weighted by Gasteiger charge is -2.31. The van der Waals surface area contributed by atoms with E-state index < -0.39 is 0 Å². The second-order valence-corrected chi connectivity index (χ2v) is 3.62. The van der Waals surface area contributed by atoms with E-state index in [-0.39, 0.29) is 12.2 Å². The van der Waals surface area contributed by atoms with Gasteiger partial charge in [-0.3, -0.25) is 4.90 Å². The Morgan fingerprint density at radius 3 is 2.92 bits per heavy atom. The number of hydrogen-bond donors (Lipinski definition) is 2. The maximum Gasteiger partial charge on any atom is 0.0667 e. The highest BCUT2D eigenvalue weighted by atomic mass is 16.3. The number of aliphatic hydroxyl groups is 2. The normalized spacial score (nSPS) is 28.8. The first kappa shape index (κ1) is 9.96. The molecule has 2 N–H and O–H groups in total. The van der Waals surface area contributed by atoms with E-state index in [0.29, 0.717) is 6.54 Å². The molecular formula is C9H19NO2. The summed E-state index contributed by atoms with van der Waals surface area (Å²) < 4.78 is 0. The van der Waals surface area contributed by atoms with Gasteiger partial charge in [0.2, 0.25) is 0 Å². The molecule has 0 aromatic carbocycles. The summed E-state index contributed by atoms with van der Waals surface area (Å²) in [4.78, 5) is 2.14. The lowest BCUT2D eigenvalue weighted by molar-refractivity contribution is 0.0387. The molecule has 0 aromatic heterocycles. The molecular weight excluding hydrogens is 154 g/mol. The minimum atomic E-state index is -0.227. The van der Waals surface area contributed by atoms with Crippen molar-refractivity contribution in [2.24, 2.45) is 0 Å². The van der Waals surface area contributed by atoms with Gasteiger partial charge in [-0.05, 0) is 25.8 Å². The fourth-order valence-electron chi connectivity index (χ4n) is 1.62. The van der Waals surface area contributed by atoms with Crippen molar-refractivity contribution in [1.82, 2.24) is 4.90 Å². The summed E-state index contributed by atoms with van der Waals surface area (Å²) in [5.41, 5.74) is 0. The highest BCUT2D eigenvalue weighted by Gasteiger charge is 2.18. The monoisotopic (exact) mass is 173 g/mol. The van der Waals surface area contributed by atoms with Crippen LogP contribution in [-0.4, -0.2) is 47.0 Å². The average molecular weight is 173 g/mol. The van der Waals surface area contributed by atoms with Crippen molar-refractivity contribution < 1.29 is 10.2 Å². The van der Waals surface area contributed by atoms with Crippen molar-refractivity contribution >= 4 is 0 Å². The van der Waals surface area contributed by atoms with E-state index in [1.54, 1.807) is 0 Å². The molecule has 0 aliphatic carbocycles. The summed E-state index contributed by atoms with van der Waals surface area (Å²) in [6.45, 7) is 4.45. The highest BCUT2D eigenvalue weighted by Crippen LogP contribution is 2.10. The van der Waals surface area contributed by atoms with Gasteiger partial charge < -0.3 is 10.2 Å². The van der Waals surface area contributed by atoms with E-state index in [0.717, 1.165) is 32.4 Å². The number of piperidine rings is 1. The topological polar surface area (TPSA) is 43.7 Å². The minimum absolute atomic E-state index is 0.178. The standard InChI is InChI=1S/C9H19NO2/c1-2-8(11)6-10-5-3-4-9(12)7-10/h8-9,11-12H,2-7H2,1H3/t8-,9?/m1/s1. The Bertz CT molecular complexity index is 130. The molecule has 1 saturated heterocycles. The molecule has 1 aliphatic heterocycles. The largest absolute Gasteiger partial charge is 0.392 e. The maximum absolute atomic E-state index is 9.37. The molecule has 2 atom stereocenters. The molecule has 0 amide bonds.